The van der Waals surface area contributed by atoms with Gasteiger partial charge in [0.1, 0.15) is 0 Å². The van der Waals surface area contributed by atoms with E-state index in [2.05, 4.69) is 32.2 Å². The van der Waals surface area contributed by atoms with Crippen LogP contribution in [-0.4, -0.2) is 26.4 Å². The first kappa shape index (κ1) is 19.9. The number of hydrogen-bond acceptors (Lipinski definition) is 4. The summed E-state index contributed by atoms with van der Waals surface area (Å²) in [5.74, 6) is 1.06. The maximum Gasteiger partial charge on any atom is 0.230 e. The summed E-state index contributed by atoms with van der Waals surface area (Å²) in [5, 5.41) is 12.5. The zero-order valence-corrected chi connectivity index (χ0v) is 17.3. The molecule has 6 heteroatoms. The molecule has 0 atom stereocenters. The zero-order chi connectivity index (χ0) is 20.6. The molecular formula is C24H22N4OS. The van der Waals surface area contributed by atoms with Crippen LogP contribution in [-0.2, 0) is 17.9 Å². The predicted molar refractivity (Wildman–Crippen MR) is 120 cm³/mol. The molecule has 0 saturated carbocycles. The van der Waals surface area contributed by atoms with Crippen molar-refractivity contribution in [3.63, 3.8) is 0 Å². The van der Waals surface area contributed by atoms with Gasteiger partial charge in [-0.2, -0.15) is 0 Å². The third-order valence-electron chi connectivity index (χ3n) is 4.60. The predicted octanol–water partition coefficient (Wildman–Crippen LogP) is 4.40. The van der Waals surface area contributed by atoms with Crippen molar-refractivity contribution >= 4 is 17.7 Å². The van der Waals surface area contributed by atoms with Crippen LogP contribution in [0.2, 0.25) is 0 Å². The molecule has 0 bridgehead atoms. The molecule has 5 nitrogen and oxygen atoms in total. The summed E-state index contributed by atoms with van der Waals surface area (Å²) < 4.78 is 2.07. The molecule has 0 aliphatic heterocycles. The lowest BCUT2D eigenvalue weighted by molar-refractivity contribution is -0.118. The van der Waals surface area contributed by atoms with E-state index in [9.17, 15) is 4.79 Å². The smallest absolute Gasteiger partial charge is 0.230 e. The molecule has 1 amide bonds. The van der Waals surface area contributed by atoms with Gasteiger partial charge in [0, 0.05) is 12.1 Å². The largest absolute Gasteiger partial charge is 0.351 e. The van der Waals surface area contributed by atoms with Crippen LogP contribution in [0.3, 0.4) is 0 Å². The number of benzene rings is 3. The van der Waals surface area contributed by atoms with Gasteiger partial charge in [-0.25, -0.2) is 0 Å². The molecule has 1 heterocycles. The number of amides is 1. The molecule has 150 valence electrons. The Morgan fingerprint density at radius 2 is 1.40 bits per heavy atom. The van der Waals surface area contributed by atoms with E-state index in [1.807, 2.05) is 78.9 Å². The van der Waals surface area contributed by atoms with E-state index in [0.29, 0.717) is 13.1 Å². The Morgan fingerprint density at radius 3 is 2.07 bits per heavy atom. The second-order valence-electron chi connectivity index (χ2n) is 6.79. The summed E-state index contributed by atoms with van der Waals surface area (Å²) in [6.45, 7) is 1.16. The highest BCUT2D eigenvalue weighted by molar-refractivity contribution is 7.99. The first-order valence-corrected chi connectivity index (χ1v) is 10.7. The van der Waals surface area contributed by atoms with Crippen LogP contribution >= 0.6 is 11.8 Å². The fourth-order valence-electron chi connectivity index (χ4n) is 3.08. The quantitative estimate of drug-likeness (QED) is 0.434. The van der Waals surface area contributed by atoms with Gasteiger partial charge in [0.2, 0.25) is 5.91 Å². The Labute approximate surface area is 180 Å². The summed E-state index contributed by atoms with van der Waals surface area (Å²) in [7, 11) is 0. The number of carbonyl (C=O) groups excluding carboxylic acids is 1. The highest BCUT2D eigenvalue weighted by Crippen LogP contribution is 2.25. The topological polar surface area (TPSA) is 59.8 Å². The van der Waals surface area contributed by atoms with Gasteiger partial charge in [-0.15, -0.1) is 10.2 Å². The molecule has 0 spiro atoms. The average Bonchev–Trinajstić information content (AvgIpc) is 3.20. The van der Waals surface area contributed by atoms with E-state index in [1.54, 1.807) is 0 Å². The molecule has 0 radical (unpaired) electrons. The van der Waals surface area contributed by atoms with E-state index in [0.717, 1.165) is 27.7 Å². The van der Waals surface area contributed by atoms with Crippen molar-refractivity contribution in [3.8, 4) is 11.4 Å². The molecule has 4 rings (SSSR count). The number of hydrogen-bond donors (Lipinski definition) is 1. The van der Waals surface area contributed by atoms with Crippen LogP contribution in [0.5, 0.6) is 0 Å². The maximum absolute atomic E-state index is 12.3. The van der Waals surface area contributed by atoms with Gasteiger partial charge in [-0.3, -0.25) is 9.36 Å². The number of thioether (sulfide) groups is 1. The van der Waals surface area contributed by atoms with Gasteiger partial charge in [0.05, 0.1) is 12.3 Å². The molecule has 0 saturated heterocycles. The van der Waals surface area contributed by atoms with E-state index in [-0.39, 0.29) is 11.7 Å². The molecule has 4 aromatic rings. The minimum atomic E-state index is -0.0284. The SMILES string of the molecule is O=C(CSc1nnc(-c2ccccc2)n1Cc1ccccc1)NCc1ccccc1. The van der Waals surface area contributed by atoms with Crippen molar-refractivity contribution < 1.29 is 4.79 Å². The van der Waals surface area contributed by atoms with Gasteiger partial charge in [-0.05, 0) is 11.1 Å². The van der Waals surface area contributed by atoms with Crippen molar-refractivity contribution in [3.05, 3.63) is 102 Å². The number of rotatable bonds is 8. The highest BCUT2D eigenvalue weighted by Gasteiger charge is 2.16. The average molecular weight is 415 g/mol. The summed E-state index contributed by atoms with van der Waals surface area (Å²) in [5.41, 5.74) is 3.24. The van der Waals surface area contributed by atoms with Crippen molar-refractivity contribution in [2.75, 3.05) is 5.75 Å². The Morgan fingerprint density at radius 1 is 0.800 bits per heavy atom. The van der Waals surface area contributed by atoms with Gasteiger partial charge in [0.15, 0.2) is 11.0 Å². The summed E-state index contributed by atoms with van der Waals surface area (Å²) in [6.07, 6.45) is 0. The lowest BCUT2D eigenvalue weighted by Crippen LogP contribution is -2.24. The fourth-order valence-corrected chi connectivity index (χ4v) is 3.85. The molecular weight excluding hydrogens is 392 g/mol. The van der Waals surface area contributed by atoms with Crippen molar-refractivity contribution in [2.45, 2.75) is 18.2 Å². The van der Waals surface area contributed by atoms with Crippen LogP contribution < -0.4 is 5.32 Å². The van der Waals surface area contributed by atoms with Gasteiger partial charge >= 0.3 is 0 Å². The molecule has 0 aliphatic carbocycles. The van der Waals surface area contributed by atoms with Crippen LogP contribution in [0.25, 0.3) is 11.4 Å². The van der Waals surface area contributed by atoms with Crippen molar-refractivity contribution in [2.24, 2.45) is 0 Å². The van der Waals surface area contributed by atoms with Crippen LogP contribution in [0.15, 0.2) is 96.2 Å². The van der Waals surface area contributed by atoms with Gasteiger partial charge < -0.3 is 5.32 Å². The van der Waals surface area contributed by atoms with E-state index < -0.39 is 0 Å². The lowest BCUT2D eigenvalue weighted by atomic mass is 10.2. The monoisotopic (exact) mass is 414 g/mol. The minimum absolute atomic E-state index is 0.0284. The number of carbonyl (C=O) groups is 1. The summed E-state index contributed by atoms with van der Waals surface area (Å²) in [4.78, 5) is 12.3. The summed E-state index contributed by atoms with van der Waals surface area (Å²) >= 11 is 1.40. The number of aromatic nitrogens is 3. The van der Waals surface area contributed by atoms with Crippen molar-refractivity contribution in [1.29, 1.82) is 0 Å². The van der Waals surface area contributed by atoms with Crippen LogP contribution in [0.4, 0.5) is 0 Å². The molecule has 0 unspecified atom stereocenters. The molecule has 0 aliphatic rings. The van der Waals surface area contributed by atoms with E-state index in [4.69, 9.17) is 0 Å². The molecule has 1 N–H and O–H groups in total. The van der Waals surface area contributed by atoms with E-state index >= 15 is 0 Å². The second kappa shape index (κ2) is 9.89. The van der Waals surface area contributed by atoms with Crippen molar-refractivity contribution in [1.82, 2.24) is 20.1 Å². The zero-order valence-electron chi connectivity index (χ0n) is 16.4. The van der Waals surface area contributed by atoms with Crippen LogP contribution in [0, 0.1) is 0 Å². The first-order valence-electron chi connectivity index (χ1n) is 9.75. The van der Waals surface area contributed by atoms with Gasteiger partial charge in [-0.1, -0.05) is 103 Å². The summed E-state index contributed by atoms with van der Waals surface area (Å²) in [6, 6.07) is 30.1. The Bertz CT molecular complexity index is 1080. The molecule has 30 heavy (non-hydrogen) atoms. The minimum Gasteiger partial charge on any atom is -0.351 e. The fraction of sp³-hybridized carbons (Fsp3) is 0.125. The highest BCUT2D eigenvalue weighted by atomic mass is 32.2. The standard InChI is InChI=1S/C24H22N4OS/c29-22(25-16-19-10-4-1-5-11-19)18-30-24-27-26-23(21-14-8-3-9-15-21)28(24)17-20-12-6-2-7-13-20/h1-15H,16-18H2,(H,25,29). The lowest BCUT2D eigenvalue weighted by Gasteiger charge is -2.11. The number of nitrogens with one attached hydrogen (secondary N) is 1. The molecule has 1 aromatic heterocycles. The Balaban J connectivity index is 1.48. The Hall–Kier alpha value is -3.38. The number of nitrogens with zero attached hydrogens (tertiary/aromatic N) is 3. The van der Waals surface area contributed by atoms with Gasteiger partial charge in [0.25, 0.3) is 0 Å². The maximum atomic E-state index is 12.3. The Kier molecular flexibility index (Phi) is 6.57. The second-order valence-corrected chi connectivity index (χ2v) is 7.74. The first-order chi connectivity index (χ1) is 14.8. The third kappa shape index (κ3) is 5.15. The third-order valence-corrected chi connectivity index (χ3v) is 5.56. The normalized spacial score (nSPS) is 10.7. The molecule has 0 fully saturated rings. The molecule has 3 aromatic carbocycles. The van der Waals surface area contributed by atoms with Crippen LogP contribution in [0.1, 0.15) is 11.1 Å². The van der Waals surface area contributed by atoms with E-state index in [1.165, 1.54) is 11.8 Å².